The second kappa shape index (κ2) is 6.96. The van der Waals surface area contributed by atoms with Gasteiger partial charge in [0.1, 0.15) is 11.3 Å². The molecule has 2 N–H and O–H groups in total. The Morgan fingerprint density at radius 1 is 0.957 bits per heavy atom. The highest BCUT2D eigenvalue weighted by molar-refractivity contribution is 6.12. The lowest BCUT2D eigenvalue weighted by Gasteiger charge is -2.21. The van der Waals surface area contributed by atoms with Crippen LogP contribution in [0.1, 0.15) is 40.1 Å². The molecule has 2 aromatic rings. The van der Waals surface area contributed by atoms with Gasteiger partial charge in [-0.1, -0.05) is 6.07 Å². The van der Waals surface area contributed by atoms with E-state index in [9.17, 15) is 14.7 Å². The molecule has 0 aliphatic rings. The Bertz CT molecular complexity index is 718. The zero-order valence-electron chi connectivity index (χ0n) is 13.1. The van der Waals surface area contributed by atoms with Gasteiger partial charge in [-0.25, -0.2) is 4.79 Å². The summed E-state index contributed by atoms with van der Waals surface area (Å²) in [4.78, 5) is 25.7. The number of hydrogen-bond acceptors (Lipinski definition) is 4. The molecule has 5 nitrogen and oxygen atoms in total. The van der Waals surface area contributed by atoms with E-state index in [1.807, 2.05) is 12.1 Å². The van der Waals surface area contributed by atoms with Gasteiger partial charge < -0.3 is 15.1 Å². The standard InChI is InChI=1S/C18H19NO4/c1-3-19(4-2)13-10-8-12(9-11-13)16(20)14-6-5-7-15(17(14)21)18(22)23/h5-11,21H,3-4H2,1-2H3,(H,22,23). The molecule has 0 aromatic heterocycles. The van der Waals surface area contributed by atoms with E-state index in [1.54, 1.807) is 12.1 Å². The molecule has 0 spiro atoms. The second-order valence-electron chi connectivity index (χ2n) is 5.06. The van der Waals surface area contributed by atoms with Gasteiger partial charge in [0, 0.05) is 24.3 Å². The molecule has 0 heterocycles. The monoisotopic (exact) mass is 313 g/mol. The smallest absolute Gasteiger partial charge is 0.339 e. The highest BCUT2D eigenvalue weighted by Gasteiger charge is 2.19. The number of para-hydroxylation sites is 1. The number of carboxylic acid groups (broad SMARTS) is 1. The van der Waals surface area contributed by atoms with Crippen molar-refractivity contribution in [1.29, 1.82) is 0 Å². The third-order valence-electron chi connectivity index (χ3n) is 3.77. The minimum atomic E-state index is -1.27. The molecule has 5 heteroatoms. The summed E-state index contributed by atoms with van der Waals surface area (Å²) in [6, 6.07) is 11.2. The van der Waals surface area contributed by atoms with E-state index in [-0.39, 0.29) is 11.1 Å². The number of benzene rings is 2. The maximum atomic E-state index is 12.5. The molecule has 2 rings (SSSR count). The highest BCUT2D eigenvalue weighted by atomic mass is 16.4. The van der Waals surface area contributed by atoms with Gasteiger partial charge in [-0.15, -0.1) is 0 Å². The van der Waals surface area contributed by atoms with Gasteiger partial charge in [0.05, 0.1) is 5.56 Å². The average molecular weight is 313 g/mol. The van der Waals surface area contributed by atoms with Crippen LogP contribution in [0.15, 0.2) is 42.5 Å². The van der Waals surface area contributed by atoms with Crippen LogP contribution in [0.25, 0.3) is 0 Å². The molecule has 0 saturated heterocycles. The fraction of sp³-hybridized carbons (Fsp3) is 0.222. The van der Waals surface area contributed by atoms with E-state index in [2.05, 4.69) is 18.7 Å². The molecule has 0 aliphatic heterocycles. The molecule has 120 valence electrons. The number of phenols is 1. The Morgan fingerprint density at radius 3 is 2.04 bits per heavy atom. The van der Waals surface area contributed by atoms with Crippen molar-refractivity contribution in [3.63, 3.8) is 0 Å². The number of nitrogens with zero attached hydrogens (tertiary/aromatic N) is 1. The van der Waals surface area contributed by atoms with E-state index < -0.39 is 17.5 Å². The Morgan fingerprint density at radius 2 is 1.52 bits per heavy atom. The number of carbonyl (C=O) groups excluding carboxylic acids is 1. The van der Waals surface area contributed by atoms with Gasteiger partial charge in [-0.3, -0.25) is 4.79 Å². The molecule has 0 bridgehead atoms. The van der Waals surface area contributed by atoms with Crippen LogP contribution in [-0.4, -0.2) is 35.1 Å². The van der Waals surface area contributed by atoms with Crippen molar-refractivity contribution in [2.45, 2.75) is 13.8 Å². The molecule has 0 amide bonds. The lowest BCUT2D eigenvalue weighted by molar-refractivity contribution is 0.0693. The van der Waals surface area contributed by atoms with Crippen LogP contribution < -0.4 is 4.90 Å². The summed E-state index contributed by atoms with van der Waals surface area (Å²) < 4.78 is 0. The third-order valence-corrected chi connectivity index (χ3v) is 3.77. The summed E-state index contributed by atoms with van der Waals surface area (Å²) >= 11 is 0. The molecule has 0 fully saturated rings. The molecule has 2 aromatic carbocycles. The van der Waals surface area contributed by atoms with Crippen LogP contribution in [0.2, 0.25) is 0 Å². The molecule has 0 atom stereocenters. The summed E-state index contributed by atoms with van der Waals surface area (Å²) in [6.07, 6.45) is 0. The van der Waals surface area contributed by atoms with Crippen molar-refractivity contribution in [1.82, 2.24) is 0 Å². The van der Waals surface area contributed by atoms with Gasteiger partial charge in [0.2, 0.25) is 0 Å². The summed E-state index contributed by atoms with van der Waals surface area (Å²) in [5.41, 5.74) is 1.12. The Kier molecular flexibility index (Phi) is 5.01. The molecule has 0 aliphatic carbocycles. The van der Waals surface area contributed by atoms with Crippen molar-refractivity contribution < 1.29 is 19.8 Å². The lowest BCUT2D eigenvalue weighted by atomic mass is 9.99. The van der Waals surface area contributed by atoms with E-state index in [0.29, 0.717) is 5.56 Å². The van der Waals surface area contributed by atoms with Gasteiger partial charge in [0.25, 0.3) is 0 Å². The topological polar surface area (TPSA) is 77.8 Å². The van der Waals surface area contributed by atoms with E-state index in [1.165, 1.54) is 18.2 Å². The zero-order valence-corrected chi connectivity index (χ0v) is 13.1. The Labute approximate surface area is 134 Å². The minimum absolute atomic E-state index is 0.0134. The van der Waals surface area contributed by atoms with Crippen molar-refractivity contribution in [2.24, 2.45) is 0 Å². The van der Waals surface area contributed by atoms with Crippen LogP contribution in [0.3, 0.4) is 0 Å². The first-order chi connectivity index (χ1) is 11.0. The minimum Gasteiger partial charge on any atom is -0.506 e. The normalized spacial score (nSPS) is 10.3. The van der Waals surface area contributed by atoms with Crippen molar-refractivity contribution in [3.8, 4) is 5.75 Å². The molecule has 0 saturated carbocycles. The van der Waals surface area contributed by atoms with Crippen LogP contribution in [-0.2, 0) is 0 Å². The van der Waals surface area contributed by atoms with Gasteiger partial charge >= 0.3 is 5.97 Å². The van der Waals surface area contributed by atoms with Crippen LogP contribution >= 0.6 is 0 Å². The average Bonchev–Trinajstić information content (AvgIpc) is 2.56. The highest BCUT2D eigenvalue weighted by Crippen LogP contribution is 2.26. The number of aromatic carboxylic acids is 1. The fourth-order valence-corrected chi connectivity index (χ4v) is 2.47. The summed E-state index contributed by atoms with van der Waals surface area (Å²) in [6.45, 7) is 5.84. The predicted molar refractivity (Wildman–Crippen MR) is 88.5 cm³/mol. The maximum Gasteiger partial charge on any atom is 0.339 e. The lowest BCUT2D eigenvalue weighted by Crippen LogP contribution is -2.21. The first-order valence-electron chi connectivity index (χ1n) is 7.44. The molecule has 0 unspecified atom stereocenters. The first kappa shape index (κ1) is 16.5. The summed E-state index contributed by atoms with van der Waals surface area (Å²) in [5, 5.41) is 19.0. The van der Waals surface area contributed by atoms with Crippen molar-refractivity contribution in [2.75, 3.05) is 18.0 Å². The van der Waals surface area contributed by atoms with E-state index in [4.69, 9.17) is 5.11 Å². The summed E-state index contributed by atoms with van der Waals surface area (Å²) in [5.74, 6) is -2.18. The predicted octanol–water partition coefficient (Wildman–Crippen LogP) is 3.17. The SMILES string of the molecule is CCN(CC)c1ccc(C(=O)c2cccc(C(=O)O)c2O)cc1. The molecular formula is C18H19NO4. The quantitative estimate of drug-likeness (QED) is 0.801. The van der Waals surface area contributed by atoms with Crippen molar-refractivity contribution in [3.05, 3.63) is 59.2 Å². The fourth-order valence-electron chi connectivity index (χ4n) is 2.47. The van der Waals surface area contributed by atoms with Crippen LogP contribution in [0, 0.1) is 0 Å². The second-order valence-corrected chi connectivity index (χ2v) is 5.06. The Balaban J connectivity index is 2.35. The first-order valence-corrected chi connectivity index (χ1v) is 7.44. The number of anilines is 1. The molecular weight excluding hydrogens is 294 g/mol. The number of hydrogen-bond donors (Lipinski definition) is 2. The van der Waals surface area contributed by atoms with Crippen molar-refractivity contribution >= 4 is 17.4 Å². The van der Waals surface area contributed by atoms with E-state index >= 15 is 0 Å². The number of carbonyl (C=O) groups is 2. The van der Waals surface area contributed by atoms with Crippen LogP contribution in [0.5, 0.6) is 5.75 Å². The Hall–Kier alpha value is -2.82. The van der Waals surface area contributed by atoms with E-state index in [0.717, 1.165) is 18.8 Å². The maximum absolute atomic E-state index is 12.5. The largest absolute Gasteiger partial charge is 0.506 e. The summed E-state index contributed by atoms with van der Waals surface area (Å²) in [7, 11) is 0. The van der Waals surface area contributed by atoms with Crippen LogP contribution in [0.4, 0.5) is 5.69 Å². The third kappa shape index (κ3) is 3.34. The van der Waals surface area contributed by atoms with Gasteiger partial charge in [-0.05, 0) is 50.2 Å². The molecule has 23 heavy (non-hydrogen) atoms. The number of ketones is 1. The number of aromatic hydroxyl groups is 1. The van der Waals surface area contributed by atoms with Gasteiger partial charge in [-0.2, -0.15) is 0 Å². The van der Waals surface area contributed by atoms with Gasteiger partial charge in [0.15, 0.2) is 5.78 Å². The molecule has 0 radical (unpaired) electrons. The number of carboxylic acids is 1. The zero-order chi connectivity index (χ0) is 17.0. The number of rotatable bonds is 6.